The first-order chi connectivity index (χ1) is 8.36. The monoisotopic (exact) mass is 246 g/mol. The number of rotatable bonds is 4. The van der Waals surface area contributed by atoms with Gasteiger partial charge in [0.15, 0.2) is 0 Å². The normalized spacial score (nSPS) is 14.8. The zero-order valence-electron chi connectivity index (χ0n) is 8.98. The Morgan fingerprint density at radius 2 is 2.06 bits per heavy atom. The Kier molecular flexibility index (Phi) is 2.64. The molecule has 0 saturated heterocycles. The molecular weight excluding hydrogens is 236 g/mol. The highest BCUT2D eigenvalue weighted by Crippen LogP contribution is 2.37. The van der Waals surface area contributed by atoms with Gasteiger partial charge < -0.3 is 0 Å². The molecule has 1 fully saturated rings. The van der Waals surface area contributed by atoms with E-state index in [2.05, 4.69) is 15.5 Å². The maximum absolute atomic E-state index is 10.5. The molecule has 0 N–H and O–H groups in total. The molecular formula is C11H10N4OS. The highest BCUT2D eigenvalue weighted by Gasteiger charge is 2.27. The number of carbonyl (C=O) groups excluding carboxylic acids is 1. The summed E-state index contributed by atoms with van der Waals surface area (Å²) in [6.07, 6.45) is 3.15. The molecule has 1 aromatic heterocycles. The van der Waals surface area contributed by atoms with E-state index in [4.69, 9.17) is 0 Å². The fourth-order valence-electron chi connectivity index (χ4n) is 1.52. The second-order valence-electron chi connectivity index (χ2n) is 3.93. The fourth-order valence-corrected chi connectivity index (χ4v) is 2.36. The highest BCUT2D eigenvalue weighted by molar-refractivity contribution is 7.99. The summed E-state index contributed by atoms with van der Waals surface area (Å²) >= 11 is 1.52. The quantitative estimate of drug-likeness (QED) is 0.772. The van der Waals surface area contributed by atoms with Gasteiger partial charge in [-0.1, -0.05) is 12.1 Å². The van der Waals surface area contributed by atoms with E-state index in [1.807, 2.05) is 16.8 Å². The first kappa shape index (κ1) is 10.5. The predicted octanol–water partition coefficient (Wildman–Crippen LogP) is 1.97. The van der Waals surface area contributed by atoms with Crippen molar-refractivity contribution < 1.29 is 4.79 Å². The van der Waals surface area contributed by atoms with E-state index < -0.39 is 0 Å². The van der Waals surface area contributed by atoms with Gasteiger partial charge in [0.05, 0.1) is 6.04 Å². The van der Waals surface area contributed by atoms with Crippen molar-refractivity contribution in [2.45, 2.75) is 28.9 Å². The summed E-state index contributed by atoms with van der Waals surface area (Å²) in [5.74, 6) is 0. The van der Waals surface area contributed by atoms with Gasteiger partial charge in [-0.2, -0.15) is 0 Å². The molecule has 1 aliphatic carbocycles. The fraction of sp³-hybridized carbons (Fsp3) is 0.273. The molecule has 5 nitrogen and oxygen atoms in total. The molecule has 0 spiro atoms. The minimum absolute atomic E-state index is 0.474. The van der Waals surface area contributed by atoms with Crippen LogP contribution in [0.25, 0.3) is 0 Å². The second-order valence-corrected chi connectivity index (χ2v) is 4.97. The number of tetrazole rings is 1. The van der Waals surface area contributed by atoms with Crippen LogP contribution >= 0.6 is 11.8 Å². The largest absolute Gasteiger partial charge is 0.298 e. The van der Waals surface area contributed by atoms with Gasteiger partial charge in [0.2, 0.25) is 5.16 Å². The third kappa shape index (κ3) is 2.21. The number of hydrogen-bond donors (Lipinski definition) is 0. The first-order valence-electron chi connectivity index (χ1n) is 5.38. The van der Waals surface area contributed by atoms with E-state index in [-0.39, 0.29) is 0 Å². The molecule has 3 rings (SSSR count). The molecule has 0 aliphatic heterocycles. The van der Waals surface area contributed by atoms with Crippen LogP contribution in [0.5, 0.6) is 0 Å². The Morgan fingerprint density at radius 3 is 2.71 bits per heavy atom. The van der Waals surface area contributed by atoms with E-state index in [0.29, 0.717) is 11.6 Å². The zero-order valence-corrected chi connectivity index (χ0v) is 9.80. The van der Waals surface area contributed by atoms with Crippen LogP contribution in [-0.2, 0) is 0 Å². The molecule has 17 heavy (non-hydrogen) atoms. The van der Waals surface area contributed by atoms with E-state index in [1.165, 1.54) is 11.8 Å². The molecule has 0 unspecified atom stereocenters. The molecule has 1 aromatic carbocycles. The summed E-state index contributed by atoms with van der Waals surface area (Å²) < 4.78 is 1.87. The average Bonchev–Trinajstić information content (AvgIpc) is 3.11. The molecule has 0 radical (unpaired) electrons. The number of carbonyl (C=O) groups is 1. The van der Waals surface area contributed by atoms with Crippen molar-refractivity contribution >= 4 is 18.0 Å². The second kappa shape index (κ2) is 4.29. The minimum Gasteiger partial charge on any atom is -0.298 e. The van der Waals surface area contributed by atoms with Crippen molar-refractivity contribution in [2.75, 3.05) is 0 Å². The van der Waals surface area contributed by atoms with Crippen LogP contribution in [0.3, 0.4) is 0 Å². The number of aldehydes is 1. The molecule has 86 valence electrons. The molecule has 0 amide bonds. The van der Waals surface area contributed by atoms with Crippen molar-refractivity contribution in [3.63, 3.8) is 0 Å². The van der Waals surface area contributed by atoms with E-state index >= 15 is 0 Å². The minimum atomic E-state index is 0.474. The summed E-state index contributed by atoms with van der Waals surface area (Å²) in [5, 5.41) is 12.5. The van der Waals surface area contributed by atoms with E-state index in [1.54, 1.807) is 12.1 Å². The number of aromatic nitrogens is 4. The molecule has 0 bridgehead atoms. The molecule has 1 aliphatic rings. The van der Waals surface area contributed by atoms with Gasteiger partial charge in [-0.3, -0.25) is 4.79 Å². The van der Waals surface area contributed by atoms with Crippen LogP contribution in [0.1, 0.15) is 29.2 Å². The van der Waals surface area contributed by atoms with Crippen LogP contribution in [-0.4, -0.2) is 26.5 Å². The van der Waals surface area contributed by atoms with Crippen LogP contribution in [0, 0.1) is 0 Å². The van der Waals surface area contributed by atoms with Gasteiger partial charge in [-0.05, 0) is 47.2 Å². The summed E-state index contributed by atoms with van der Waals surface area (Å²) in [4.78, 5) is 11.6. The van der Waals surface area contributed by atoms with Crippen molar-refractivity contribution in [1.82, 2.24) is 20.2 Å². The third-order valence-corrected chi connectivity index (χ3v) is 3.54. The lowest BCUT2D eigenvalue weighted by Crippen LogP contribution is -1.98. The summed E-state index contributed by atoms with van der Waals surface area (Å²) in [5.41, 5.74) is 0.677. The van der Waals surface area contributed by atoms with Crippen LogP contribution in [0.15, 0.2) is 34.3 Å². The number of benzene rings is 1. The Balaban J connectivity index is 1.80. The highest BCUT2D eigenvalue weighted by atomic mass is 32.2. The topological polar surface area (TPSA) is 60.7 Å². The summed E-state index contributed by atoms with van der Waals surface area (Å²) in [7, 11) is 0. The first-order valence-corrected chi connectivity index (χ1v) is 6.19. The predicted molar refractivity (Wildman–Crippen MR) is 62.0 cm³/mol. The van der Waals surface area contributed by atoms with Gasteiger partial charge in [0.25, 0.3) is 0 Å². The maximum atomic E-state index is 10.5. The van der Waals surface area contributed by atoms with E-state index in [9.17, 15) is 4.79 Å². The van der Waals surface area contributed by atoms with Gasteiger partial charge >= 0.3 is 0 Å². The lowest BCUT2D eigenvalue weighted by atomic mass is 10.2. The molecule has 2 aromatic rings. The number of nitrogens with zero attached hydrogens (tertiary/aromatic N) is 4. The Bertz CT molecular complexity index is 533. The Labute approximate surface area is 102 Å². The van der Waals surface area contributed by atoms with Crippen LogP contribution < -0.4 is 0 Å². The van der Waals surface area contributed by atoms with Crippen LogP contribution in [0.4, 0.5) is 0 Å². The maximum Gasteiger partial charge on any atom is 0.214 e. The van der Waals surface area contributed by atoms with Crippen LogP contribution in [0.2, 0.25) is 0 Å². The SMILES string of the molecule is O=Cc1ccc(Sc2nnnn2C2CC2)cc1. The average molecular weight is 246 g/mol. The summed E-state index contributed by atoms with van der Waals surface area (Å²) in [6.45, 7) is 0. The lowest BCUT2D eigenvalue weighted by molar-refractivity contribution is 0.112. The third-order valence-electron chi connectivity index (χ3n) is 2.58. The van der Waals surface area contributed by atoms with Crippen molar-refractivity contribution in [3.05, 3.63) is 29.8 Å². The Morgan fingerprint density at radius 1 is 1.29 bits per heavy atom. The Hall–Kier alpha value is -1.69. The van der Waals surface area contributed by atoms with E-state index in [0.717, 1.165) is 29.2 Å². The van der Waals surface area contributed by atoms with Gasteiger partial charge in [0, 0.05) is 10.5 Å². The smallest absolute Gasteiger partial charge is 0.214 e. The van der Waals surface area contributed by atoms with Crippen molar-refractivity contribution in [1.29, 1.82) is 0 Å². The molecule has 1 heterocycles. The van der Waals surface area contributed by atoms with Gasteiger partial charge in [0.1, 0.15) is 6.29 Å². The van der Waals surface area contributed by atoms with Gasteiger partial charge in [-0.15, -0.1) is 5.10 Å². The lowest BCUT2D eigenvalue weighted by Gasteiger charge is -2.01. The molecule has 6 heteroatoms. The van der Waals surface area contributed by atoms with Crippen molar-refractivity contribution in [3.8, 4) is 0 Å². The zero-order chi connectivity index (χ0) is 11.7. The molecule has 1 saturated carbocycles. The summed E-state index contributed by atoms with van der Waals surface area (Å²) in [6, 6.07) is 7.86. The van der Waals surface area contributed by atoms with Gasteiger partial charge in [-0.25, -0.2) is 4.68 Å². The van der Waals surface area contributed by atoms with Crippen molar-refractivity contribution in [2.24, 2.45) is 0 Å². The standard InChI is InChI=1S/C11H10N4OS/c16-7-8-1-5-10(6-2-8)17-11-12-13-14-15(11)9-3-4-9/h1-2,5-7,9H,3-4H2. The number of hydrogen-bond acceptors (Lipinski definition) is 5. The molecule has 0 atom stereocenters.